The molecule has 23 heavy (non-hydrogen) atoms. The van der Waals surface area contributed by atoms with Crippen LogP contribution in [0.1, 0.15) is 33.6 Å². The normalized spacial score (nSPS) is 27.3. The second kappa shape index (κ2) is 10.7. The van der Waals surface area contributed by atoms with E-state index in [4.69, 9.17) is 14.5 Å². The quantitative estimate of drug-likeness (QED) is 0.372. The van der Waals surface area contributed by atoms with Gasteiger partial charge in [0.1, 0.15) is 0 Å². The zero-order chi connectivity index (χ0) is 15.8. The van der Waals surface area contributed by atoms with Crippen molar-refractivity contribution in [3.05, 3.63) is 0 Å². The minimum atomic E-state index is -0.0851. The maximum absolute atomic E-state index is 5.80. The van der Waals surface area contributed by atoms with Crippen molar-refractivity contribution < 1.29 is 9.47 Å². The predicted octanol–water partition coefficient (Wildman–Crippen LogP) is 1.45. The number of halogens is 1. The van der Waals surface area contributed by atoms with Gasteiger partial charge in [0.05, 0.1) is 25.4 Å². The van der Waals surface area contributed by atoms with Crippen LogP contribution in [0.25, 0.3) is 0 Å². The van der Waals surface area contributed by atoms with Crippen molar-refractivity contribution in [2.45, 2.75) is 45.3 Å². The molecule has 0 bridgehead atoms. The first-order chi connectivity index (χ1) is 10.6. The average molecular weight is 440 g/mol. The van der Waals surface area contributed by atoms with Gasteiger partial charge in [-0.05, 0) is 33.6 Å². The highest BCUT2D eigenvalue weighted by Gasteiger charge is 2.29. The molecule has 6 nitrogen and oxygen atoms in total. The molecule has 0 aromatic heterocycles. The first-order valence-corrected chi connectivity index (χ1v) is 8.61. The number of rotatable bonds is 6. The SMILES string of the molecule is CCNC(=NCC1(C)CCCO1)NCC(C)N1CCOCC1.I. The smallest absolute Gasteiger partial charge is 0.191 e. The number of guanidine groups is 1. The Bertz CT molecular complexity index is 356. The van der Waals surface area contributed by atoms with E-state index in [9.17, 15) is 0 Å². The van der Waals surface area contributed by atoms with Crippen LogP contribution < -0.4 is 10.6 Å². The summed E-state index contributed by atoms with van der Waals surface area (Å²) in [4.78, 5) is 7.17. The molecule has 2 rings (SSSR count). The lowest BCUT2D eigenvalue weighted by atomic mass is 10.0. The summed E-state index contributed by atoms with van der Waals surface area (Å²) in [5.41, 5.74) is -0.0851. The van der Waals surface area contributed by atoms with Gasteiger partial charge in [-0.25, -0.2) is 0 Å². The van der Waals surface area contributed by atoms with E-state index in [1.54, 1.807) is 0 Å². The molecule has 2 aliphatic heterocycles. The van der Waals surface area contributed by atoms with Crippen molar-refractivity contribution in [1.29, 1.82) is 0 Å². The molecule has 136 valence electrons. The van der Waals surface area contributed by atoms with Crippen molar-refractivity contribution in [3.8, 4) is 0 Å². The Morgan fingerprint density at radius 2 is 2.00 bits per heavy atom. The Hall–Kier alpha value is -0.120. The maximum atomic E-state index is 5.80. The minimum absolute atomic E-state index is 0. The van der Waals surface area contributed by atoms with Crippen molar-refractivity contribution in [3.63, 3.8) is 0 Å². The molecule has 0 saturated carbocycles. The van der Waals surface area contributed by atoms with Gasteiger partial charge in [-0.1, -0.05) is 0 Å². The summed E-state index contributed by atoms with van der Waals surface area (Å²) < 4.78 is 11.2. The van der Waals surface area contributed by atoms with E-state index < -0.39 is 0 Å². The van der Waals surface area contributed by atoms with Gasteiger partial charge in [0.15, 0.2) is 5.96 Å². The summed E-state index contributed by atoms with van der Waals surface area (Å²) in [6.07, 6.45) is 2.24. The Morgan fingerprint density at radius 1 is 1.26 bits per heavy atom. The van der Waals surface area contributed by atoms with E-state index >= 15 is 0 Å². The minimum Gasteiger partial charge on any atom is -0.379 e. The van der Waals surface area contributed by atoms with E-state index in [2.05, 4.69) is 36.3 Å². The van der Waals surface area contributed by atoms with Crippen LogP contribution >= 0.6 is 24.0 Å². The van der Waals surface area contributed by atoms with Crippen LogP contribution in [0.4, 0.5) is 0 Å². The van der Waals surface area contributed by atoms with E-state index in [1.807, 2.05) is 0 Å². The first-order valence-electron chi connectivity index (χ1n) is 8.61. The fourth-order valence-corrected chi connectivity index (χ4v) is 2.94. The van der Waals surface area contributed by atoms with Gasteiger partial charge < -0.3 is 20.1 Å². The van der Waals surface area contributed by atoms with Gasteiger partial charge in [0.2, 0.25) is 0 Å². The molecular formula is C16H33IN4O2. The Labute approximate surface area is 157 Å². The van der Waals surface area contributed by atoms with Crippen molar-refractivity contribution in [1.82, 2.24) is 15.5 Å². The molecule has 2 unspecified atom stereocenters. The molecule has 0 amide bonds. The van der Waals surface area contributed by atoms with Crippen molar-refractivity contribution >= 4 is 29.9 Å². The third-order valence-electron chi connectivity index (χ3n) is 4.45. The standard InChI is InChI=1S/C16H32N4O2.HI/c1-4-17-15(19-13-16(3)6-5-9-22-16)18-12-14(2)20-7-10-21-11-8-20;/h14H,4-13H2,1-3H3,(H2,17,18,19);1H. The zero-order valence-electron chi connectivity index (χ0n) is 14.8. The fourth-order valence-electron chi connectivity index (χ4n) is 2.94. The maximum Gasteiger partial charge on any atom is 0.191 e. The number of aliphatic imine (C=N–C) groups is 1. The van der Waals surface area contributed by atoms with Crippen molar-refractivity contribution in [2.75, 3.05) is 52.5 Å². The second-order valence-corrected chi connectivity index (χ2v) is 6.48. The molecule has 2 fully saturated rings. The second-order valence-electron chi connectivity index (χ2n) is 6.48. The summed E-state index contributed by atoms with van der Waals surface area (Å²) >= 11 is 0. The number of nitrogens with one attached hydrogen (secondary N) is 2. The summed E-state index contributed by atoms with van der Waals surface area (Å²) in [6, 6.07) is 0.478. The highest BCUT2D eigenvalue weighted by molar-refractivity contribution is 14.0. The summed E-state index contributed by atoms with van der Waals surface area (Å²) in [5.74, 6) is 0.888. The van der Waals surface area contributed by atoms with Gasteiger partial charge in [-0.3, -0.25) is 9.89 Å². The number of ether oxygens (including phenoxy) is 2. The van der Waals surface area contributed by atoms with Crippen LogP contribution in [-0.2, 0) is 9.47 Å². The number of hydrogen-bond donors (Lipinski definition) is 2. The van der Waals surface area contributed by atoms with Crippen LogP contribution in [0.15, 0.2) is 4.99 Å². The van der Waals surface area contributed by atoms with Gasteiger partial charge in [-0.15, -0.1) is 24.0 Å². The molecular weight excluding hydrogens is 407 g/mol. The van der Waals surface area contributed by atoms with Crippen molar-refractivity contribution in [2.24, 2.45) is 4.99 Å². The summed E-state index contributed by atoms with van der Waals surface area (Å²) in [6.45, 7) is 13.6. The Kier molecular flexibility index (Phi) is 9.72. The topological polar surface area (TPSA) is 58.1 Å². The van der Waals surface area contributed by atoms with Crippen LogP contribution in [0.5, 0.6) is 0 Å². The molecule has 0 radical (unpaired) electrons. The van der Waals surface area contributed by atoms with Crippen LogP contribution in [0, 0.1) is 0 Å². The lowest BCUT2D eigenvalue weighted by Gasteiger charge is -2.32. The van der Waals surface area contributed by atoms with E-state index in [1.165, 1.54) is 0 Å². The van der Waals surface area contributed by atoms with Crippen LogP contribution in [0.2, 0.25) is 0 Å². The third kappa shape index (κ3) is 7.11. The monoisotopic (exact) mass is 440 g/mol. The van der Waals surface area contributed by atoms with E-state index in [0.717, 1.165) is 64.8 Å². The Balaban J connectivity index is 0.00000264. The highest BCUT2D eigenvalue weighted by atomic mass is 127. The highest BCUT2D eigenvalue weighted by Crippen LogP contribution is 2.24. The lowest BCUT2D eigenvalue weighted by Crippen LogP contribution is -2.49. The van der Waals surface area contributed by atoms with Gasteiger partial charge >= 0.3 is 0 Å². The van der Waals surface area contributed by atoms with Gasteiger partial charge in [0, 0.05) is 38.8 Å². The van der Waals surface area contributed by atoms with Crippen LogP contribution in [0.3, 0.4) is 0 Å². The molecule has 0 aromatic rings. The molecule has 2 saturated heterocycles. The molecule has 2 N–H and O–H groups in total. The first kappa shape index (κ1) is 20.9. The molecule has 2 atom stereocenters. The Morgan fingerprint density at radius 3 is 2.61 bits per heavy atom. The predicted molar refractivity (Wildman–Crippen MR) is 105 cm³/mol. The molecule has 2 aliphatic rings. The molecule has 0 aromatic carbocycles. The molecule has 0 aliphatic carbocycles. The molecule has 2 heterocycles. The molecule has 0 spiro atoms. The summed E-state index contributed by atoms with van der Waals surface area (Å²) in [7, 11) is 0. The fraction of sp³-hybridized carbons (Fsp3) is 0.938. The lowest BCUT2D eigenvalue weighted by molar-refractivity contribution is 0.0210. The number of nitrogens with zero attached hydrogens (tertiary/aromatic N) is 2. The van der Waals surface area contributed by atoms with E-state index in [0.29, 0.717) is 12.6 Å². The zero-order valence-corrected chi connectivity index (χ0v) is 17.1. The van der Waals surface area contributed by atoms with Gasteiger partial charge in [-0.2, -0.15) is 0 Å². The molecule has 7 heteroatoms. The number of hydrogen-bond acceptors (Lipinski definition) is 4. The van der Waals surface area contributed by atoms with Gasteiger partial charge in [0.25, 0.3) is 0 Å². The summed E-state index contributed by atoms with van der Waals surface area (Å²) in [5, 5.41) is 6.78. The third-order valence-corrected chi connectivity index (χ3v) is 4.45. The van der Waals surface area contributed by atoms with Crippen LogP contribution in [-0.4, -0.2) is 75.0 Å². The number of morpholine rings is 1. The van der Waals surface area contributed by atoms with E-state index in [-0.39, 0.29) is 29.6 Å². The largest absolute Gasteiger partial charge is 0.379 e. The average Bonchev–Trinajstić information content (AvgIpc) is 2.98.